The smallest absolute Gasteiger partial charge is 0.493 e. The number of allylic oxidation sites excluding steroid dienone is 4. The van der Waals surface area contributed by atoms with Crippen molar-refractivity contribution in [3.05, 3.63) is 108 Å². The Morgan fingerprint density at radius 1 is 0.857 bits per heavy atom. The van der Waals surface area contributed by atoms with Gasteiger partial charge in [-0.3, -0.25) is 4.79 Å². The summed E-state index contributed by atoms with van der Waals surface area (Å²) in [6.45, 7) is 9.24. The Morgan fingerprint density at radius 2 is 1.50 bits per heavy atom. The number of ether oxygens (including phenoxy) is 5. The van der Waals surface area contributed by atoms with Crippen LogP contribution in [0.1, 0.15) is 48.5 Å². The molecule has 10 heteroatoms. The van der Waals surface area contributed by atoms with Gasteiger partial charge in [0.25, 0.3) is 5.91 Å². The first-order valence-electron chi connectivity index (χ1n) is 13.3. The van der Waals surface area contributed by atoms with Crippen LogP contribution in [0.25, 0.3) is 0 Å². The maximum atomic E-state index is 12.5. The fourth-order valence-electron chi connectivity index (χ4n) is 3.46. The molecule has 0 saturated heterocycles. The van der Waals surface area contributed by atoms with E-state index in [0.29, 0.717) is 54.9 Å². The Balaban J connectivity index is 1.38. The zero-order valence-electron chi connectivity index (χ0n) is 23.4. The first-order chi connectivity index (χ1) is 20.2. The fraction of sp³-hybridized carbons (Fsp3) is 0.250. The van der Waals surface area contributed by atoms with Gasteiger partial charge < -0.3 is 29.0 Å². The Bertz CT molecular complexity index is 1360. The monoisotopic (exact) mass is 575 g/mol. The minimum Gasteiger partial charge on any atom is -0.493 e. The number of rotatable bonds is 14. The van der Waals surface area contributed by atoms with E-state index >= 15 is 0 Å². The van der Waals surface area contributed by atoms with Gasteiger partial charge in [0, 0.05) is 30.2 Å². The number of amides is 1. The van der Waals surface area contributed by atoms with E-state index in [9.17, 15) is 19.2 Å². The highest BCUT2D eigenvalue weighted by atomic mass is 16.7. The lowest BCUT2D eigenvalue weighted by Gasteiger charge is -2.16. The average Bonchev–Trinajstić information content (AvgIpc) is 2.99. The molecule has 0 radical (unpaired) electrons. The molecule has 1 N–H and O–H groups in total. The second-order valence-electron chi connectivity index (χ2n) is 9.18. The normalized spacial score (nSPS) is 12.1. The van der Waals surface area contributed by atoms with E-state index in [2.05, 4.69) is 18.5 Å². The zero-order chi connectivity index (χ0) is 30.3. The summed E-state index contributed by atoms with van der Waals surface area (Å²) < 4.78 is 26.3. The molecule has 0 aromatic heterocycles. The zero-order valence-corrected chi connectivity index (χ0v) is 23.4. The van der Waals surface area contributed by atoms with Crippen LogP contribution >= 0.6 is 0 Å². The van der Waals surface area contributed by atoms with Gasteiger partial charge in [0.05, 0.1) is 24.5 Å². The van der Waals surface area contributed by atoms with Crippen molar-refractivity contribution < 1.29 is 42.9 Å². The second kappa shape index (κ2) is 16.2. The van der Waals surface area contributed by atoms with Gasteiger partial charge in [-0.1, -0.05) is 25.3 Å². The lowest BCUT2D eigenvalue weighted by molar-refractivity contribution is -0.137. The van der Waals surface area contributed by atoms with Gasteiger partial charge in [-0.25, -0.2) is 14.4 Å². The standard InChI is InChI=1S/C32H33NO9/c1-4-29(34)38-19-5-6-20-39-32(37)42-28-13-9-24(10-14-28)31(36)41-27-17-15-26(16-18-27)40-21-23-7-11-25(12-8-23)33-30(35)22(2)3/h4,7-15,17H,1-2,5-6,16,18-21H2,3H3,(H,33,35). The number of carbonyl (C=O) groups is 4. The fourth-order valence-corrected chi connectivity index (χ4v) is 3.46. The number of anilines is 1. The molecule has 0 unspecified atom stereocenters. The van der Waals surface area contributed by atoms with Gasteiger partial charge in [0.15, 0.2) is 0 Å². The molecule has 220 valence electrons. The van der Waals surface area contributed by atoms with E-state index in [1.165, 1.54) is 24.3 Å². The van der Waals surface area contributed by atoms with Crippen LogP contribution in [0.2, 0.25) is 0 Å². The molecule has 0 heterocycles. The highest BCUT2D eigenvalue weighted by molar-refractivity contribution is 6.02. The Hall–Kier alpha value is -5.12. The van der Waals surface area contributed by atoms with Crippen LogP contribution in [0, 0.1) is 0 Å². The molecule has 3 rings (SSSR count). The van der Waals surface area contributed by atoms with Crippen LogP contribution in [0.15, 0.2) is 97.0 Å². The van der Waals surface area contributed by atoms with E-state index in [4.69, 9.17) is 23.7 Å². The van der Waals surface area contributed by atoms with E-state index in [-0.39, 0.29) is 24.9 Å². The Morgan fingerprint density at radius 3 is 2.12 bits per heavy atom. The second-order valence-corrected chi connectivity index (χ2v) is 9.18. The largest absolute Gasteiger partial charge is 0.513 e. The molecule has 0 fully saturated rings. The van der Waals surface area contributed by atoms with Crippen LogP contribution in [0.4, 0.5) is 10.5 Å². The van der Waals surface area contributed by atoms with Crippen LogP contribution in [-0.2, 0) is 35.1 Å². The van der Waals surface area contributed by atoms with Gasteiger partial charge >= 0.3 is 18.1 Å². The van der Waals surface area contributed by atoms with E-state index in [1.807, 2.05) is 12.1 Å². The molecule has 0 spiro atoms. The average molecular weight is 576 g/mol. The molecule has 0 aliphatic heterocycles. The molecule has 2 aromatic rings. The lowest BCUT2D eigenvalue weighted by Crippen LogP contribution is -2.12. The number of hydrogen-bond acceptors (Lipinski definition) is 9. The highest BCUT2D eigenvalue weighted by Crippen LogP contribution is 2.23. The minimum absolute atomic E-state index is 0.107. The van der Waals surface area contributed by atoms with Gasteiger partial charge in [0.1, 0.15) is 18.1 Å². The van der Waals surface area contributed by atoms with Crippen LogP contribution in [0.3, 0.4) is 0 Å². The maximum absolute atomic E-state index is 12.5. The topological polar surface area (TPSA) is 126 Å². The highest BCUT2D eigenvalue weighted by Gasteiger charge is 2.15. The summed E-state index contributed by atoms with van der Waals surface area (Å²) in [4.78, 5) is 47.0. The summed E-state index contributed by atoms with van der Waals surface area (Å²) >= 11 is 0. The molecule has 0 saturated carbocycles. The summed E-state index contributed by atoms with van der Waals surface area (Å²) in [5.74, 6) is 0.215. The molecule has 10 nitrogen and oxygen atoms in total. The molecule has 0 bridgehead atoms. The van der Waals surface area contributed by atoms with Crippen molar-refractivity contribution in [2.24, 2.45) is 0 Å². The van der Waals surface area contributed by atoms with Crippen molar-refractivity contribution in [3.8, 4) is 5.75 Å². The minimum atomic E-state index is -0.880. The molecule has 1 amide bonds. The number of nitrogens with one attached hydrogen (secondary N) is 1. The van der Waals surface area contributed by atoms with Crippen molar-refractivity contribution in [1.29, 1.82) is 0 Å². The molecule has 1 aliphatic carbocycles. The summed E-state index contributed by atoms with van der Waals surface area (Å²) in [5.41, 5.74) is 2.34. The van der Waals surface area contributed by atoms with Crippen molar-refractivity contribution >= 4 is 29.7 Å². The lowest BCUT2D eigenvalue weighted by atomic mass is 10.1. The molecular weight excluding hydrogens is 542 g/mol. The van der Waals surface area contributed by atoms with Gasteiger partial charge in [0.2, 0.25) is 0 Å². The van der Waals surface area contributed by atoms with Crippen molar-refractivity contribution in [2.45, 2.75) is 39.2 Å². The van der Waals surface area contributed by atoms with Gasteiger partial charge in [-0.05, 0) is 73.9 Å². The predicted molar refractivity (Wildman–Crippen MR) is 154 cm³/mol. The third-order valence-electron chi connectivity index (χ3n) is 5.78. The third-order valence-corrected chi connectivity index (χ3v) is 5.78. The van der Waals surface area contributed by atoms with Crippen LogP contribution in [0.5, 0.6) is 5.75 Å². The van der Waals surface area contributed by atoms with Gasteiger partial charge in [-0.15, -0.1) is 0 Å². The molecule has 42 heavy (non-hydrogen) atoms. The summed E-state index contributed by atoms with van der Waals surface area (Å²) in [6.07, 6.45) is 5.75. The SMILES string of the molecule is C=CC(=O)OCCCCOC(=O)Oc1ccc(C(=O)OC2=CC=C(OCc3ccc(NC(=O)C(=C)C)cc3)CC2)cc1. The maximum Gasteiger partial charge on any atom is 0.513 e. The number of carbonyl (C=O) groups excluding carboxylic acids is 4. The first kappa shape index (κ1) is 31.4. The molecule has 2 aromatic carbocycles. The predicted octanol–water partition coefficient (Wildman–Crippen LogP) is 6.16. The van der Waals surface area contributed by atoms with E-state index in [0.717, 1.165) is 17.4 Å². The Kier molecular flexibility index (Phi) is 12.1. The first-order valence-corrected chi connectivity index (χ1v) is 13.3. The van der Waals surface area contributed by atoms with E-state index in [1.54, 1.807) is 31.2 Å². The van der Waals surface area contributed by atoms with Crippen molar-refractivity contribution in [1.82, 2.24) is 0 Å². The number of hydrogen-bond donors (Lipinski definition) is 1. The van der Waals surface area contributed by atoms with Crippen molar-refractivity contribution in [2.75, 3.05) is 18.5 Å². The summed E-state index contributed by atoms with van der Waals surface area (Å²) in [5, 5.41) is 2.75. The quantitative estimate of drug-likeness (QED) is 0.0926. The molecule has 0 atom stereocenters. The third kappa shape index (κ3) is 10.8. The van der Waals surface area contributed by atoms with Crippen LogP contribution in [-0.4, -0.2) is 37.2 Å². The Labute approximate surface area is 244 Å². The summed E-state index contributed by atoms with van der Waals surface area (Å²) in [7, 11) is 0. The van der Waals surface area contributed by atoms with Gasteiger partial charge in [-0.2, -0.15) is 0 Å². The summed E-state index contributed by atoms with van der Waals surface area (Å²) in [6, 6.07) is 13.2. The van der Waals surface area contributed by atoms with Crippen molar-refractivity contribution in [3.63, 3.8) is 0 Å². The molecule has 1 aliphatic rings. The number of benzene rings is 2. The molecular formula is C32H33NO9. The number of esters is 2. The van der Waals surface area contributed by atoms with Crippen LogP contribution < -0.4 is 10.1 Å². The number of unbranched alkanes of at least 4 members (excludes halogenated alkanes) is 1. The van der Waals surface area contributed by atoms with E-state index < -0.39 is 18.1 Å².